The Morgan fingerprint density at radius 1 is 0.808 bits per heavy atom. The second-order valence-electron chi connectivity index (χ2n) is 6.02. The molecular weight excluding hydrogens is 344 g/mol. The van der Waals surface area contributed by atoms with Crippen molar-refractivity contribution < 1.29 is 0 Å². The first-order chi connectivity index (χ1) is 12.8. The highest BCUT2D eigenvalue weighted by Gasteiger charge is 2.17. The molecule has 0 aliphatic carbocycles. The van der Waals surface area contributed by atoms with Crippen LogP contribution in [-0.2, 0) is 0 Å². The third-order valence-electron chi connectivity index (χ3n) is 4.50. The summed E-state index contributed by atoms with van der Waals surface area (Å²) in [7, 11) is 0. The number of halogens is 1. The molecule has 0 amide bonds. The van der Waals surface area contributed by atoms with E-state index >= 15 is 0 Å². The van der Waals surface area contributed by atoms with Crippen molar-refractivity contribution in [1.82, 2.24) is 19.4 Å². The molecule has 0 atom stereocenters. The van der Waals surface area contributed by atoms with Gasteiger partial charge in [-0.05, 0) is 46.1 Å². The second kappa shape index (κ2) is 5.93. The van der Waals surface area contributed by atoms with Gasteiger partial charge in [0.1, 0.15) is 5.65 Å². The van der Waals surface area contributed by atoms with Crippen molar-refractivity contribution in [3.05, 3.63) is 84.7 Å². The number of benzene rings is 2. The third kappa shape index (κ3) is 2.35. The largest absolute Gasteiger partial charge is 0.274 e. The molecule has 0 spiro atoms. The number of rotatable bonds is 2. The first-order valence-corrected chi connectivity index (χ1v) is 8.61. The van der Waals surface area contributed by atoms with Gasteiger partial charge in [0.25, 0.3) is 0 Å². The van der Waals surface area contributed by atoms with Gasteiger partial charge in [-0.2, -0.15) is 0 Å². The minimum absolute atomic E-state index is 0.383. The van der Waals surface area contributed by atoms with E-state index in [0.29, 0.717) is 5.28 Å². The first kappa shape index (κ1) is 15.0. The molecule has 0 bridgehead atoms. The molecule has 0 N–H and O–H groups in total. The van der Waals surface area contributed by atoms with E-state index in [9.17, 15) is 0 Å². The fourth-order valence-corrected chi connectivity index (χ4v) is 3.50. The van der Waals surface area contributed by atoms with Gasteiger partial charge in [-0.1, -0.05) is 36.4 Å². The van der Waals surface area contributed by atoms with Crippen molar-refractivity contribution in [2.75, 3.05) is 0 Å². The average Bonchev–Trinajstić information content (AvgIpc) is 3.18. The molecule has 26 heavy (non-hydrogen) atoms. The highest BCUT2D eigenvalue weighted by molar-refractivity contribution is 6.29. The van der Waals surface area contributed by atoms with Crippen LogP contribution >= 0.6 is 11.6 Å². The van der Waals surface area contributed by atoms with Crippen LogP contribution in [0.3, 0.4) is 0 Å². The van der Waals surface area contributed by atoms with E-state index in [0.717, 1.165) is 28.0 Å². The van der Waals surface area contributed by atoms with E-state index in [2.05, 4.69) is 45.3 Å². The van der Waals surface area contributed by atoms with Gasteiger partial charge in [0, 0.05) is 30.4 Å². The highest BCUT2D eigenvalue weighted by Crippen LogP contribution is 2.36. The van der Waals surface area contributed by atoms with Gasteiger partial charge in [-0.25, -0.2) is 9.97 Å². The monoisotopic (exact) mass is 356 g/mol. The predicted octanol–water partition coefficient (Wildman–Crippen LogP) is 5.26. The maximum Gasteiger partial charge on any atom is 0.209 e. The fourth-order valence-electron chi connectivity index (χ4n) is 3.27. The molecule has 5 rings (SSSR count). The van der Waals surface area contributed by atoms with Gasteiger partial charge in [-0.15, -0.1) is 0 Å². The van der Waals surface area contributed by atoms with E-state index in [4.69, 9.17) is 11.6 Å². The Morgan fingerprint density at radius 2 is 1.62 bits per heavy atom. The Morgan fingerprint density at radius 3 is 2.46 bits per heavy atom. The number of nitrogens with zero attached hydrogens (tertiary/aromatic N) is 4. The number of aromatic nitrogens is 4. The Bertz CT molecular complexity index is 1250. The normalized spacial score (nSPS) is 11.3. The Balaban J connectivity index is 1.87. The summed E-state index contributed by atoms with van der Waals surface area (Å²) >= 11 is 6.40. The molecule has 0 aliphatic heterocycles. The Labute approximate surface area is 154 Å². The summed E-state index contributed by atoms with van der Waals surface area (Å²) < 4.78 is 1.80. The highest BCUT2D eigenvalue weighted by atomic mass is 35.5. The molecule has 0 saturated heterocycles. The predicted molar refractivity (Wildman–Crippen MR) is 104 cm³/mol. The smallest absolute Gasteiger partial charge is 0.209 e. The van der Waals surface area contributed by atoms with Crippen LogP contribution in [0, 0.1) is 0 Å². The fraction of sp³-hybridized carbons (Fsp3) is 0. The molecule has 124 valence electrons. The molecule has 0 unspecified atom stereocenters. The van der Waals surface area contributed by atoms with Crippen LogP contribution in [0.2, 0.25) is 5.28 Å². The van der Waals surface area contributed by atoms with Crippen LogP contribution in [0.25, 0.3) is 38.8 Å². The molecule has 3 heterocycles. The lowest BCUT2D eigenvalue weighted by Gasteiger charge is -2.13. The van der Waals surface area contributed by atoms with E-state index < -0.39 is 0 Å². The number of hydrogen-bond acceptors (Lipinski definition) is 3. The van der Waals surface area contributed by atoms with Gasteiger partial charge in [0.05, 0.1) is 11.3 Å². The van der Waals surface area contributed by atoms with Crippen LogP contribution in [-0.4, -0.2) is 19.4 Å². The molecule has 0 radical (unpaired) electrons. The van der Waals surface area contributed by atoms with Crippen molar-refractivity contribution in [2.24, 2.45) is 0 Å². The van der Waals surface area contributed by atoms with Crippen LogP contribution in [0.4, 0.5) is 0 Å². The van der Waals surface area contributed by atoms with Gasteiger partial charge < -0.3 is 0 Å². The van der Waals surface area contributed by atoms with Crippen LogP contribution in [0.5, 0.6) is 0 Å². The maximum atomic E-state index is 6.40. The molecule has 0 aliphatic rings. The molecule has 2 aromatic carbocycles. The first-order valence-electron chi connectivity index (χ1n) is 8.23. The SMILES string of the molecule is Clc1nc(-c2ccncc2)c(-c2ccc3ccccc3c2)c2nccn12. The zero-order chi connectivity index (χ0) is 17.5. The van der Waals surface area contributed by atoms with E-state index in [1.807, 2.05) is 30.5 Å². The van der Waals surface area contributed by atoms with Crippen molar-refractivity contribution in [3.8, 4) is 22.4 Å². The zero-order valence-corrected chi connectivity index (χ0v) is 14.4. The Kier molecular flexibility index (Phi) is 3.43. The second-order valence-corrected chi connectivity index (χ2v) is 6.36. The van der Waals surface area contributed by atoms with Gasteiger partial charge >= 0.3 is 0 Å². The molecule has 3 aromatic heterocycles. The van der Waals surface area contributed by atoms with Crippen LogP contribution < -0.4 is 0 Å². The molecule has 5 heteroatoms. The number of fused-ring (bicyclic) bond motifs is 2. The van der Waals surface area contributed by atoms with E-state index in [1.54, 1.807) is 23.0 Å². The topological polar surface area (TPSA) is 43.1 Å². The summed E-state index contributed by atoms with van der Waals surface area (Å²) in [5, 5.41) is 2.75. The minimum atomic E-state index is 0.383. The molecule has 5 aromatic rings. The minimum Gasteiger partial charge on any atom is -0.274 e. The molecular formula is C21H13ClN4. The third-order valence-corrected chi connectivity index (χ3v) is 4.76. The van der Waals surface area contributed by atoms with E-state index in [1.165, 1.54) is 10.8 Å². The summed E-state index contributed by atoms with van der Waals surface area (Å²) in [5.74, 6) is 0. The summed E-state index contributed by atoms with van der Waals surface area (Å²) in [6, 6.07) is 18.6. The lowest BCUT2D eigenvalue weighted by Crippen LogP contribution is -1.98. The van der Waals surface area contributed by atoms with Gasteiger partial charge in [0.15, 0.2) is 0 Å². The molecule has 0 fully saturated rings. The maximum absolute atomic E-state index is 6.40. The lowest BCUT2D eigenvalue weighted by molar-refractivity contribution is 1.09. The van der Waals surface area contributed by atoms with Crippen LogP contribution in [0.15, 0.2) is 79.4 Å². The summed E-state index contributed by atoms with van der Waals surface area (Å²) in [6.07, 6.45) is 7.07. The standard InChI is InChI=1S/C21H13ClN4/c22-21-25-19(15-7-9-23-10-8-15)18(20-24-11-12-26(20)21)17-6-5-14-3-1-2-4-16(14)13-17/h1-13H. The molecule has 4 nitrogen and oxygen atoms in total. The van der Waals surface area contributed by atoms with Crippen molar-refractivity contribution in [3.63, 3.8) is 0 Å². The Hall–Kier alpha value is -3.24. The summed E-state index contributed by atoms with van der Waals surface area (Å²) in [4.78, 5) is 13.3. The summed E-state index contributed by atoms with van der Waals surface area (Å²) in [5.41, 5.74) is 4.54. The molecule has 0 saturated carbocycles. The van der Waals surface area contributed by atoms with Crippen molar-refractivity contribution >= 4 is 28.0 Å². The number of hydrogen-bond donors (Lipinski definition) is 0. The van der Waals surface area contributed by atoms with Gasteiger partial charge in [-0.3, -0.25) is 9.38 Å². The zero-order valence-electron chi connectivity index (χ0n) is 13.7. The van der Waals surface area contributed by atoms with Crippen molar-refractivity contribution in [1.29, 1.82) is 0 Å². The van der Waals surface area contributed by atoms with Crippen LogP contribution in [0.1, 0.15) is 0 Å². The lowest BCUT2D eigenvalue weighted by atomic mass is 9.98. The van der Waals surface area contributed by atoms with E-state index in [-0.39, 0.29) is 0 Å². The summed E-state index contributed by atoms with van der Waals surface area (Å²) in [6.45, 7) is 0. The number of imidazole rings is 1. The van der Waals surface area contributed by atoms with Crippen molar-refractivity contribution in [2.45, 2.75) is 0 Å². The average molecular weight is 357 g/mol. The quantitative estimate of drug-likeness (QED) is 0.405. The number of pyridine rings is 1. The van der Waals surface area contributed by atoms with Gasteiger partial charge in [0.2, 0.25) is 5.28 Å².